The van der Waals surface area contributed by atoms with Crippen molar-refractivity contribution < 1.29 is 17.9 Å². The summed E-state index contributed by atoms with van der Waals surface area (Å²) < 4.78 is 38.2. The lowest BCUT2D eigenvalue weighted by atomic mass is 10.3. The van der Waals surface area contributed by atoms with Crippen LogP contribution in [0.3, 0.4) is 0 Å². The third kappa shape index (κ3) is 2.95. The Hall–Kier alpha value is -1.44. The zero-order chi connectivity index (χ0) is 15.0. The Labute approximate surface area is 135 Å². The Balaban J connectivity index is 1.96. The van der Waals surface area contributed by atoms with Crippen LogP contribution in [0.4, 0.5) is 5.69 Å². The summed E-state index contributed by atoms with van der Waals surface area (Å²) in [5.41, 5.74) is 0.237. The zero-order valence-electron chi connectivity index (χ0n) is 10.5. The summed E-state index contributed by atoms with van der Waals surface area (Å²) in [6, 6.07) is 9.40. The summed E-state index contributed by atoms with van der Waals surface area (Å²) in [7, 11) is -3.74. The molecule has 0 saturated heterocycles. The van der Waals surface area contributed by atoms with Crippen molar-refractivity contribution in [3.8, 4) is 11.5 Å². The average Bonchev–Trinajstić information content (AvgIpc) is 2.86. The summed E-state index contributed by atoms with van der Waals surface area (Å²) in [5.74, 6) is 0.941. The van der Waals surface area contributed by atoms with E-state index in [9.17, 15) is 8.42 Å². The molecule has 0 aliphatic carbocycles. The SMILES string of the molecule is O=S(=O)(Nc1cc2c(cc1Cl)OCO2)c1cccc(Br)c1. The van der Waals surface area contributed by atoms with E-state index in [0.29, 0.717) is 16.0 Å². The van der Waals surface area contributed by atoms with Crippen molar-refractivity contribution >= 4 is 43.2 Å². The van der Waals surface area contributed by atoms with E-state index >= 15 is 0 Å². The van der Waals surface area contributed by atoms with Gasteiger partial charge in [-0.05, 0) is 18.2 Å². The van der Waals surface area contributed by atoms with Crippen molar-refractivity contribution in [2.75, 3.05) is 11.5 Å². The second-order valence-corrected chi connectivity index (χ2v) is 7.25. The number of halogens is 2. The van der Waals surface area contributed by atoms with Crippen molar-refractivity contribution in [3.63, 3.8) is 0 Å². The van der Waals surface area contributed by atoms with E-state index in [1.54, 1.807) is 12.1 Å². The van der Waals surface area contributed by atoms with E-state index in [1.807, 2.05) is 0 Å². The Bertz CT molecular complexity index is 810. The normalized spacial score (nSPS) is 13.2. The highest BCUT2D eigenvalue weighted by atomic mass is 79.9. The number of hydrogen-bond donors (Lipinski definition) is 1. The smallest absolute Gasteiger partial charge is 0.261 e. The first-order valence-corrected chi connectivity index (χ1v) is 8.49. The van der Waals surface area contributed by atoms with Crippen molar-refractivity contribution in [3.05, 3.63) is 45.9 Å². The lowest BCUT2D eigenvalue weighted by Crippen LogP contribution is -2.13. The van der Waals surface area contributed by atoms with Crippen molar-refractivity contribution in [1.29, 1.82) is 0 Å². The fourth-order valence-electron chi connectivity index (χ4n) is 1.83. The number of rotatable bonds is 3. The lowest BCUT2D eigenvalue weighted by Gasteiger charge is -2.10. The van der Waals surface area contributed by atoms with Crippen LogP contribution in [0.5, 0.6) is 11.5 Å². The second kappa shape index (κ2) is 5.40. The molecule has 0 atom stereocenters. The van der Waals surface area contributed by atoms with Gasteiger partial charge in [-0.2, -0.15) is 0 Å². The first-order valence-electron chi connectivity index (χ1n) is 5.83. The number of sulfonamides is 1. The summed E-state index contributed by atoms with van der Waals surface area (Å²) in [6.45, 7) is 0.0908. The zero-order valence-corrected chi connectivity index (χ0v) is 13.6. The molecule has 0 bridgehead atoms. The molecule has 5 nitrogen and oxygen atoms in total. The average molecular weight is 391 g/mol. The number of fused-ring (bicyclic) bond motifs is 1. The van der Waals surface area contributed by atoms with Gasteiger partial charge in [0.1, 0.15) is 0 Å². The predicted molar refractivity (Wildman–Crippen MR) is 82.5 cm³/mol. The van der Waals surface area contributed by atoms with Gasteiger partial charge in [-0.3, -0.25) is 4.72 Å². The number of hydrogen-bond acceptors (Lipinski definition) is 4. The van der Waals surface area contributed by atoms with E-state index in [0.717, 1.165) is 0 Å². The van der Waals surface area contributed by atoms with Crippen LogP contribution in [-0.2, 0) is 10.0 Å². The molecule has 8 heteroatoms. The minimum Gasteiger partial charge on any atom is -0.454 e. The fraction of sp³-hybridized carbons (Fsp3) is 0.0769. The van der Waals surface area contributed by atoms with E-state index in [4.69, 9.17) is 21.1 Å². The van der Waals surface area contributed by atoms with Gasteiger partial charge in [-0.25, -0.2) is 8.42 Å². The molecule has 0 amide bonds. The third-order valence-corrected chi connectivity index (χ3v) is 4.98. The van der Waals surface area contributed by atoms with Gasteiger partial charge in [0, 0.05) is 16.6 Å². The molecule has 0 fully saturated rings. The molecule has 1 aliphatic rings. The summed E-state index contributed by atoms with van der Waals surface area (Å²) >= 11 is 9.30. The third-order valence-electron chi connectivity index (χ3n) is 2.81. The number of anilines is 1. The van der Waals surface area contributed by atoms with Crippen LogP contribution in [0.25, 0.3) is 0 Å². The second-order valence-electron chi connectivity index (χ2n) is 4.25. The quantitative estimate of drug-likeness (QED) is 0.869. The topological polar surface area (TPSA) is 64.6 Å². The Morgan fingerprint density at radius 2 is 1.86 bits per heavy atom. The van der Waals surface area contributed by atoms with E-state index in [-0.39, 0.29) is 22.4 Å². The highest BCUT2D eigenvalue weighted by Crippen LogP contribution is 2.39. The molecule has 0 radical (unpaired) electrons. The first kappa shape index (κ1) is 14.5. The Morgan fingerprint density at radius 1 is 1.14 bits per heavy atom. The molecule has 110 valence electrons. The molecule has 0 saturated carbocycles. The number of benzene rings is 2. The van der Waals surface area contributed by atoms with Crippen LogP contribution >= 0.6 is 27.5 Å². The number of nitrogens with one attached hydrogen (secondary N) is 1. The molecular formula is C13H9BrClNO4S. The Morgan fingerprint density at radius 3 is 2.57 bits per heavy atom. The summed E-state index contributed by atoms with van der Waals surface area (Å²) in [4.78, 5) is 0.130. The van der Waals surface area contributed by atoms with Crippen LogP contribution in [0.1, 0.15) is 0 Å². The molecule has 1 aliphatic heterocycles. The highest BCUT2D eigenvalue weighted by molar-refractivity contribution is 9.10. The van der Waals surface area contributed by atoms with Crippen molar-refractivity contribution in [2.45, 2.75) is 4.90 Å². The van der Waals surface area contributed by atoms with Gasteiger partial charge >= 0.3 is 0 Å². The maximum Gasteiger partial charge on any atom is 0.261 e. The van der Waals surface area contributed by atoms with Crippen LogP contribution in [0.15, 0.2) is 45.8 Å². The largest absolute Gasteiger partial charge is 0.454 e. The van der Waals surface area contributed by atoms with Crippen LogP contribution in [0.2, 0.25) is 5.02 Å². The van der Waals surface area contributed by atoms with Crippen LogP contribution < -0.4 is 14.2 Å². The van der Waals surface area contributed by atoms with Gasteiger partial charge in [-0.1, -0.05) is 33.6 Å². The van der Waals surface area contributed by atoms with E-state index < -0.39 is 10.0 Å². The van der Waals surface area contributed by atoms with Gasteiger partial charge in [-0.15, -0.1) is 0 Å². The molecule has 21 heavy (non-hydrogen) atoms. The summed E-state index contributed by atoms with van der Waals surface area (Å²) in [6.07, 6.45) is 0. The molecule has 2 aromatic rings. The molecule has 3 rings (SSSR count). The van der Waals surface area contributed by atoms with Crippen LogP contribution in [0, 0.1) is 0 Å². The monoisotopic (exact) mass is 389 g/mol. The molecule has 0 spiro atoms. The van der Waals surface area contributed by atoms with Crippen molar-refractivity contribution in [2.24, 2.45) is 0 Å². The maximum absolute atomic E-state index is 12.3. The van der Waals surface area contributed by atoms with Gasteiger partial charge < -0.3 is 9.47 Å². The molecule has 0 unspecified atom stereocenters. The van der Waals surface area contributed by atoms with Gasteiger partial charge in [0.05, 0.1) is 15.6 Å². The molecule has 0 aromatic heterocycles. The van der Waals surface area contributed by atoms with Gasteiger partial charge in [0.2, 0.25) is 6.79 Å². The standard InChI is InChI=1S/C13H9BrClNO4S/c14-8-2-1-3-9(4-8)21(17,18)16-11-6-13-12(5-10(11)15)19-7-20-13/h1-6,16H,7H2. The summed E-state index contributed by atoms with van der Waals surface area (Å²) in [5, 5.41) is 0.234. The maximum atomic E-state index is 12.3. The highest BCUT2D eigenvalue weighted by Gasteiger charge is 2.20. The first-order chi connectivity index (χ1) is 9.95. The lowest BCUT2D eigenvalue weighted by molar-refractivity contribution is 0.174. The van der Waals surface area contributed by atoms with Crippen LogP contribution in [-0.4, -0.2) is 15.2 Å². The minimum absolute atomic E-state index is 0.0908. The molecular weight excluding hydrogens is 382 g/mol. The fourth-order valence-corrected chi connectivity index (χ4v) is 3.76. The van der Waals surface area contributed by atoms with Crippen molar-refractivity contribution in [1.82, 2.24) is 0 Å². The van der Waals surface area contributed by atoms with E-state index in [1.165, 1.54) is 24.3 Å². The molecule has 1 N–H and O–H groups in total. The van der Waals surface area contributed by atoms with Gasteiger partial charge in [0.15, 0.2) is 11.5 Å². The molecule has 1 heterocycles. The predicted octanol–water partition coefficient (Wildman–Crippen LogP) is 3.63. The molecule has 2 aromatic carbocycles. The van der Waals surface area contributed by atoms with E-state index in [2.05, 4.69) is 20.7 Å². The van der Waals surface area contributed by atoms with Gasteiger partial charge in [0.25, 0.3) is 10.0 Å². The number of ether oxygens (including phenoxy) is 2. The minimum atomic E-state index is -3.74. The Kier molecular flexibility index (Phi) is 3.73.